The SMILES string of the molecule is CS(=O)(=O)N[C@H]1CC[C@](Cc2ccc(-c3cccc(F)c3OCc3ccccc3)cc2)(C(N)=O)C1. The number of halogens is 1. The lowest BCUT2D eigenvalue weighted by Gasteiger charge is -2.26. The number of rotatable bonds is 9. The summed E-state index contributed by atoms with van der Waals surface area (Å²) in [7, 11) is -3.37. The average molecular weight is 497 g/mol. The lowest BCUT2D eigenvalue weighted by Crippen LogP contribution is -2.39. The second kappa shape index (κ2) is 10.2. The molecular weight excluding hydrogens is 467 g/mol. The van der Waals surface area contributed by atoms with Gasteiger partial charge in [-0.2, -0.15) is 0 Å². The molecule has 2 atom stereocenters. The van der Waals surface area contributed by atoms with Crippen molar-refractivity contribution in [1.82, 2.24) is 4.72 Å². The van der Waals surface area contributed by atoms with Crippen molar-refractivity contribution >= 4 is 15.9 Å². The van der Waals surface area contributed by atoms with Crippen LogP contribution in [-0.2, 0) is 27.8 Å². The molecule has 0 bridgehead atoms. The molecule has 0 saturated heterocycles. The van der Waals surface area contributed by atoms with Gasteiger partial charge in [0, 0.05) is 11.6 Å². The number of hydrogen-bond acceptors (Lipinski definition) is 4. The van der Waals surface area contributed by atoms with Crippen molar-refractivity contribution in [3.05, 3.63) is 89.7 Å². The number of carbonyl (C=O) groups excluding carboxylic acids is 1. The third kappa shape index (κ3) is 6.07. The van der Waals surface area contributed by atoms with Crippen LogP contribution in [0.1, 0.15) is 30.4 Å². The first-order valence-corrected chi connectivity index (χ1v) is 13.4. The maximum absolute atomic E-state index is 14.7. The molecule has 1 aliphatic rings. The van der Waals surface area contributed by atoms with Crippen molar-refractivity contribution in [1.29, 1.82) is 0 Å². The average Bonchev–Trinajstić information content (AvgIpc) is 3.21. The highest BCUT2D eigenvalue weighted by Gasteiger charge is 2.44. The number of primary amides is 1. The number of amides is 1. The summed E-state index contributed by atoms with van der Waals surface area (Å²) in [6, 6.07) is 21.6. The van der Waals surface area contributed by atoms with Crippen LogP contribution in [0.5, 0.6) is 5.75 Å². The molecule has 3 aromatic rings. The van der Waals surface area contributed by atoms with Crippen molar-refractivity contribution in [3.63, 3.8) is 0 Å². The van der Waals surface area contributed by atoms with Gasteiger partial charge in [-0.25, -0.2) is 17.5 Å². The van der Waals surface area contributed by atoms with Crippen molar-refractivity contribution in [3.8, 4) is 16.9 Å². The Kier molecular flexibility index (Phi) is 7.23. The van der Waals surface area contributed by atoms with Crippen LogP contribution in [-0.4, -0.2) is 26.6 Å². The zero-order valence-electron chi connectivity index (χ0n) is 19.5. The molecule has 0 spiro atoms. The summed E-state index contributed by atoms with van der Waals surface area (Å²) in [6.07, 6.45) is 2.95. The second-order valence-corrected chi connectivity index (χ2v) is 11.0. The van der Waals surface area contributed by atoms with E-state index < -0.39 is 27.2 Å². The fourth-order valence-electron chi connectivity index (χ4n) is 4.81. The smallest absolute Gasteiger partial charge is 0.224 e. The summed E-state index contributed by atoms with van der Waals surface area (Å²) in [5, 5.41) is 0. The number of hydrogen-bond donors (Lipinski definition) is 2. The number of carbonyl (C=O) groups is 1. The van der Waals surface area contributed by atoms with E-state index in [1.807, 2.05) is 60.7 Å². The topological polar surface area (TPSA) is 98.5 Å². The van der Waals surface area contributed by atoms with Crippen LogP contribution in [0.15, 0.2) is 72.8 Å². The first-order chi connectivity index (χ1) is 16.7. The number of benzene rings is 3. The lowest BCUT2D eigenvalue weighted by molar-refractivity contribution is -0.127. The Morgan fingerprint density at radius 3 is 2.43 bits per heavy atom. The van der Waals surface area contributed by atoms with Crippen molar-refractivity contribution in [2.75, 3.05) is 6.26 Å². The van der Waals surface area contributed by atoms with E-state index in [0.717, 1.165) is 22.9 Å². The second-order valence-electron chi connectivity index (χ2n) is 9.24. The minimum absolute atomic E-state index is 0.184. The standard InChI is InChI=1S/C27H29FN2O4S/c1-35(32,33)30-22-14-15-27(17-22,26(29)31)16-19-10-12-21(13-11-19)23-8-5-9-24(28)25(23)34-18-20-6-3-2-4-7-20/h2-13,22,30H,14-18H2,1H3,(H2,29,31)/t22-,27+/m0/s1. The van der Waals surface area contributed by atoms with Crippen LogP contribution in [0.2, 0.25) is 0 Å². The third-order valence-corrected chi connectivity index (χ3v) is 7.27. The van der Waals surface area contributed by atoms with Crippen LogP contribution in [0.3, 0.4) is 0 Å². The third-order valence-electron chi connectivity index (χ3n) is 6.51. The van der Waals surface area contributed by atoms with Gasteiger partial charge in [0.05, 0.1) is 11.7 Å². The number of nitrogens with two attached hydrogens (primary N) is 1. The number of ether oxygens (including phenoxy) is 1. The molecule has 0 heterocycles. The van der Waals surface area contributed by atoms with Gasteiger partial charge in [0.1, 0.15) is 6.61 Å². The molecule has 1 fully saturated rings. The van der Waals surface area contributed by atoms with Gasteiger partial charge in [-0.1, -0.05) is 66.7 Å². The molecular formula is C27H29FN2O4S. The Labute approximate surface area is 205 Å². The van der Waals surface area contributed by atoms with Crippen molar-refractivity contribution in [2.45, 2.75) is 38.3 Å². The quantitative estimate of drug-likeness (QED) is 0.464. The molecule has 0 aliphatic heterocycles. The summed E-state index contributed by atoms with van der Waals surface area (Å²) in [5.41, 5.74) is 8.22. The van der Waals surface area contributed by atoms with Gasteiger partial charge in [0.25, 0.3) is 0 Å². The van der Waals surface area contributed by atoms with Gasteiger partial charge in [-0.3, -0.25) is 4.79 Å². The molecule has 0 aromatic heterocycles. The molecule has 4 rings (SSSR count). The highest BCUT2D eigenvalue weighted by molar-refractivity contribution is 7.88. The normalized spacial score (nSPS) is 20.0. The molecule has 3 N–H and O–H groups in total. The summed E-state index contributed by atoms with van der Waals surface area (Å²) in [4.78, 5) is 12.4. The van der Waals surface area contributed by atoms with Crippen LogP contribution >= 0.6 is 0 Å². The maximum Gasteiger partial charge on any atom is 0.224 e. The number of sulfonamides is 1. The first kappa shape index (κ1) is 24.9. The van der Waals surface area contributed by atoms with E-state index in [2.05, 4.69) is 4.72 Å². The monoisotopic (exact) mass is 496 g/mol. The van der Waals surface area contributed by atoms with E-state index in [4.69, 9.17) is 10.5 Å². The molecule has 1 amide bonds. The van der Waals surface area contributed by atoms with E-state index >= 15 is 0 Å². The molecule has 1 saturated carbocycles. The Hall–Kier alpha value is -3.23. The van der Waals surface area contributed by atoms with Crippen molar-refractivity contribution < 1.29 is 22.3 Å². The zero-order chi connectivity index (χ0) is 25.1. The largest absolute Gasteiger partial charge is 0.485 e. The molecule has 0 radical (unpaired) electrons. The van der Waals surface area contributed by atoms with E-state index in [-0.39, 0.29) is 18.4 Å². The summed E-state index contributed by atoms with van der Waals surface area (Å²) < 4.78 is 46.3. The first-order valence-electron chi connectivity index (χ1n) is 11.5. The molecule has 1 aliphatic carbocycles. The Morgan fingerprint density at radius 2 is 1.77 bits per heavy atom. The fraction of sp³-hybridized carbons (Fsp3) is 0.296. The lowest BCUT2D eigenvalue weighted by atomic mass is 9.79. The van der Waals surface area contributed by atoms with Crippen molar-refractivity contribution in [2.24, 2.45) is 11.1 Å². The van der Waals surface area contributed by atoms with E-state index in [1.54, 1.807) is 6.07 Å². The van der Waals surface area contributed by atoms with Gasteiger partial charge in [-0.15, -0.1) is 0 Å². The van der Waals surface area contributed by atoms with Gasteiger partial charge >= 0.3 is 0 Å². The van der Waals surface area contributed by atoms with E-state index in [9.17, 15) is 17.6 Å². The molecule has 184 valence electrons. The van der Waals surface area contributed by atoms with Gasteiger partial charge < -0.3 is 10.5 Å². The van der Waals surface area contributed by atoms with Crippen LogP contribution in [0.25, 0.3) is 11.1 Å². The van der Waals surface area contributed by atoms with Gasteiger partial charge in [0.15, 0.2) is 11.6 Å². The Morgan fingerprint density at radius 1 is 1.06 bits per heavy atom. The number of nitrogens with one attached hydrogen (secondary N) is 1. The minimum atomic E-state index is -3.37. The highest BCUT2D eigenvalue weighted by Crippen LogP contribution is 2.42. The predicted molar refractivity (Wildman–Crippen MR) is 134 cm³/mol. The molecule has 3 aromatic carbocycles. The molecule has 6 nitrogen and oxygen atoms in total. The van der Waals surface area contributed by atoms with Gasteiger partial charge in [0.2, 0.25) is 15.9 Å². The maximum atomic E-state index is 14.7. The van der Waals surface area contributed by atoms with E-state index in [1.165, 1.54) is 6.07 Å². The van der Waals surface area contributed by atoms with Crippen LogP contribution in [0.4, 0.5) is 4.39 Å². The summed E-state index contributed by atoms with van der Waals surface area (Å²) in [5.74, 6) is -0.685. The van der Waals surface area contributed by atoms with Crippen LogP contribution < -0.4 is 15.2 Å². The highest BCUT2D eigenvalue weighted by atomic mass is 32.2. The Bertz CT molecular complexity index is 1300. The minimum Gasteiger partial charge on any atom is -0.485 e. The fourth-order valence-corrected chi connectivity index (χ4v) is 5.61. The van der Waals surface area contributed by atoms with Gasteiger partial charge in [-0.05, 0) is 48.4 Å². The van der Waals surface area contributed by atoms with E-state index in [0.29, 0.717) is 31.2 Å². The predicted octanol–water partition coefficient (Wildman–Crippen LogP) is 4.19. The Balaban J connectivity index is 1.52. The molecule has 0 unspecified atom stereocenters. The zero-order valence-corrected chi connectivity index (χ0v) is 20.4. The summed E-state index contributed by atoms with van der Waals surface area (Å²) >= 11 is 0. The van der Waals surface area contributed by atoms with Crippen LogP contribution in [0, 0.1) is 11.2 Å². The molecule has 35 heavy (non-hydrogen) atoms. The summed E-state index contributed by atoms with van der Waals surface area (Å²) in [6.45, 7) is 0.247. The molecule has 8 heteroatoms. The number of para-hydroxylation sites is 1.